The number of rotatable bonds is 3. The average molecular weight is 268 g/mol. The summed E-state index contributed by atoms with van der Waals surface area (Å²) in [5.41, 5.74) is 1.58. The zero-order valence-corrected chi connectivity index (χ0v) is 11.3. The van der Waals surface area contributed by atoms with Gasteiger partial charge in [0.25, 0.3) is 0 Å². The third-order valence-electron chi connectivity index (χ3n) is 3.17. The Morgan fingerprint density at radius 1 is 1.67 bits per heavy atom. The van der Waals surface area contributed by atoms with Crippen LogP contribution in [-0.4, -0.2) is 24.0 Å². The highest BCUT2D eigenvalue weighted by molar-refractivity contribution is 6.30. The van der Waals surface area contributed by atoms with Gasteiger partial charge < -0.3 is 10.6 Å². The first-order valence-corrected chi connectivity index (χ1v) is 6.65. The maximum Gasteiger partial charge on any atom is 0.224 e. The second-order valence-corrected chi connectivity index (χ2v) is 5.15. The van der Waals surface area contributed by atoms with E-state index in [0.29, 0.717) is 23.2 Å². The van der Waals surface area contributed by atoms with E-state index < -0.39 is 0 Å². The Morgan fingerprint density at radius 2 is 2.50 bits per heavy atom. The van der Waals surface area contributed by atoms with E-state index in [4.69, 9.17) is 11.6 Å². The minimum atomic E-state index is 0.0484. The van der Waals surface area contributed by atoms with E-state index in [0.717, 1.165) is 31.5 Å². The monoisotopic (exact) mass is 267 g/mol. The molecule has 2 heterocycles. The zero-order chi connectivity index (χ0) is 13.0. The van der Waals surface area contributed by atoms with Crippen LogP contribution in [0, 0.1) is 12.8 Å². The minimum Gasteiger partial charge on any atom is -0.325 e. The molecular formula is C13H18ClN3O. The summed E-state index contributed by atoms with van der Waals surface area (Å²) in [7, 11) is 0. The van der Waals surface area contributed by atoms with E-state index >= 15 is 0 Å². The second-order valence-electron chi connectivity index (χ2n) is 4.80. The summed E-state index contributed by atoms with van der Waals surface area (Å²) in [6.07, 6.45) is 4.43. The molecule has 0 aliphatic carbocycles. The zero-order valence-electron chi connectivity index (χ0n) is 10.5. The van der Waals surface area contributed by atoms with Crippen LogP contribution in [0.3, 0.4) is 0 Å². The first kappa shape index (κ1) is 13.3. The SMILES string of the molecule is Cc1cc(NC(=O)CC2CCCNC2)cnc1Cl. The first-order chi connectivity index (χ1) is 8.65. The van der Waals surface area contributed by atoms with Crippen LogP contribution in [-0.2, 0) is 4.79 Å². The predicted octanol–water partition coefficient (Wildman–Crippen LogP) is 2.37. The maximum absolute atomic E-state index is 11.9. The summed E-state index contributed by atoms with van der Waals surface area (Å²) in [4.78, 5) is 15.9. The molecule has 0 bridgehead atoms. The lowest BCUT2D eigenvalue weighted by Crippen LogP contribution is -2.32. The number of piperidine rings is 1. The third kappa shape index (κ3) is 3.68. The molecule has 5 heteroatoms. The number of carbonyl (C=O) groups is 1. The number of carbonyl (C=O) groups excluding carboxylic acids is 1. The molecule has 1 aromatic rings. The van der Waals surface area contributed by atoms with E-state index in [1.807, 2.05) is 13.0 Å². The molecule has 1 aliphatic heterocycles. The van der Waals surface area contributed by atoms with Gasteiger partial charge in [0.1, 0.15) is 5.15 Å². The highest BCUT2D eigenvalue weighted by Gasteiger charge is 2.16. The molecule has 1 aromatic heterocycles. The predicted molar refractivity (Wildman–Crippen MR) is 72.8 cm³/mol. The van der Waals surface area contributed by atoms with Gasteiger partial charge in [-0.05, 0) is 50.4 Å². The highest BCUT2D eigenvalue weighted by Crippen LogP contribution is 2.18. The summed E-state index contributed by atoms with van der Waals surface area (Å²) >= 11 is 5.84. The quantitative estimate of drug-likeness (QED) is 0.827. The van der Waals surface area contributed by atoms with E-state index in [1.54, 1.807) is 6.20 Å². The first-order valence-electron chi connectivity index (χ1n) is 6.28. The molecule has 0 aromatic carbocycles. The Balaban J connectivity index is 1.88. The van der Waals surface area contributed by atoms with Crippen LogP contribution < -0.4 is 10.6 Å². The van der Waals surface area contributed by atoms with Gasteiger partial charge in [-0.2, -0.15) is 0 Å². The number of halogens is 1. The van der Waals surface area contributed by atoms with Gasteiger partial charge in [-0.3, -0.25) is 4.79 Å². The van der Waals surface area contributed by atoms with Gasteiger partial charge in [-0.15, -0.1) is 0 Å². The summed E-state index contributed by atoms with van der Waals surface area (Å²) < 4.78 is 0. The van der Waals surface area contributed by atoms with Crippen LogP contribution in [0.2, 0.25) is 5.15 Å². The van der Waals surface area contributed by atoms with Gasteiger partial charge >= 0.3 is 0 Å². The molecule has 1 atom stereocenters. The molecule has 98 valence electrons. The maximum atomic E-state index is 11.9. The van der Waals surface area contributed by atoms with Crippen molar-refractivity contribution in [3.63, 3.8) is 0 Å². The molecule has 2 N–H and O–H groups in total. The van der Waals surface area contributed by atoms with Crippen LogP contribution in [0.4, 0.5) is 5.69 Å². The van der Waals surface area contributed by atoms with Crippen molar-refractivity contribution in [3.8, 4) is 0 Å². The number of aromatic nitrogens is 1. The molecule has 1 fully saturated rings. The molecule has 2 rings (SSSR count). The van der Waals surface area contributed by atoms with Gasteiger partial charge in [0.15, 0.2) is 0 Å². The van der Waals surface area contributed by atoms with Crippen LogP contribution in [0.15, 0.2) is 12.3 Å². The Hall–Kier alpha value is -1.13. The lowest BCUT2D eigenvalue weighted by Gasteiger charge is -2.22. The molecule has 1 aliphatic rings. The van der Waals surface area contributed by atoms with Gasteiger partial charge in [0.05, 0.1) is 11.9 Å². The number of amides is 1. The van der Waals surface area contributed by atoms with Crippen molar-refractivity contribution in [1.29, 1.82) is 0 Å². The minimum absolute atomic E-state index is 0.0484. The fraction of sp³-hybridized carbons (Fsp3) is 0.538. The Morgan fingerprint density at radius 3 is 3.17 bits per heavy atom. The molecular weight excluding hydrogens is 250 g/mol. The van der Waals surface area contributed by atoms with Crippen LogP contribution in [0.25, 0.3) is 0 Å². The number of anilines is 1. The van der Waals surface area contributed by atoms with Gasteiger partial charge in [0.2, 0.25) is 5.91 Å². The lowest BCUT2D eigenvalue weighted by molar-refractivity contribution is -0.117. The van der Waals surface area contributed by atoms with E-state index in [1.165, 1.54) is 0 Å². The summed E-state index contributed by atoms with van der Waals surface area (Å²) in [5.74, 6) is 0.493. The Kier molecular flexibility index (Phi) is 4.55. The molecule has 0 spiro atoms. The molecule has 1 saturated heterocycles. The summed E-state index contributed by atoms with van der Waals surface area (Å²) in [5, 5.41) is 6.66. The molecule has 4 nitrogen and oxygen atoms in total. The summed E-state index contributed by atoms with van der Waals surface area (Å²) in [6, 6.07) is 1.84. The van der Waals surface area contributed by atoms with Crippen molar-refractivity contribution in [2.24, 2.45) is 5.92 Å². The molecule has 18 heavy (non-hydrogen) atoms. The topological polar surface area (TPSA) is 54.0 Å². The fourth-order valence-corrected chi connectivity index (χ4v) is 2.30. The number of hydrogen-bond donors (Lipinski definition) is 2. The van der Waals surface area contributed by atoms with Crippen LogP contribution >= 0.6 is 11.6 Å². The van der Waals surface area contributed by atoms with E-state index in [2.05, 4.69) is 15.6 Å². The Labute approximate surface area is 112 Å². The van der Waals surface area contributed by atoms with Crippen molar-refractivity contribution in [1.82, 2.24) is 10.3 Å². The number of hydrogen-bond acceptors (Lipinski definition) is 3. The van der Waals surface area contributed by atoms with E-state index in [9.17, 15) is 4.79 Å². The van der Waals surface area contributed by atoms with Crippen molar-refractivity contribution in [3.05, 3.63) is 23.0 Å². The van der Waals surface area contributed by atoms with Crippen molar-refractivity contribution in [2.75, 3.05) is 18.4 Å². The smallest absolute Gasteiger partial charge is 0.224 e. The lowest BCUT2D eigenvalue weighted by atomic mass is 9.96. The van der Waals surface area contributed by atoms with Gasteiger partial charge in [-0.1, -0.05) is 11.6 Å². The second kappa shape index (κ2) is 6.16. The van der Waals surface area contributed by atoms with Crippen molar-refractivity contribution in [2.45, 2.75) is 26.2 Å². The molecule has 0 radical (unpaired) electrons. The average Bonchev–Trinajstić information content (AvgIpc) is 2.35. The molecule has 1 unspecified atom stereocenters. The number of aryl methyl sites for hydroxylation is 1. The normalized spacial score (nSPS) is 19.6. The fourth-order valence-electron chi connectivity index (χ4n) is 2.20. The number of nitrogens with zero attached hydrogens (tertiary/aromatic N) is 1. The Bertz CT molecular complexity index is 430. The van der Waals surface area contributed by atoms with Gasteiger partial charge in [0, 0.05) is 6.42 Å². The van der Waals surface area contributed by atoms with Gasteiger partial charge in [-0.25, -0.2) is 4.98 Å². The van der Waals surface area contributed by atoms with Crippen molar-refractivity contribution >= 4 is 23.2 Å². The van der Waals surface area contributed by atoms with Crippen molar-refractivity contribution < 1.29 is 4.79 Å². The summed E-state index contributed by atoms with van der Waals surface area (Å²) in [6.45, 7) is 3.87. The number of pyridine rings is 1. The standard InChI is InChI=1S/C13H18ClN3O/c1-9-5-11(8-16-13(9)14)17-12(18)6-10-3-2-4-15-7-10/h5,8,10,15H,2-4,6-7H2,1H3,(H,17,18). The largest absolute Gasteiger partial charge is 0.325 e. The van der Waals surface area contributed by atoms with Crippen LogP contribution in [0.1, 0.15) is 24.8 Å². The molecule has 1 amide bonds. The highest BCUT2D eigenvalue weighted by atomic mass is 35.5. The van der Waals surface area contributed by atoms with Crippen LogP contribution in [0.5, 0.6) is 0 Å². The van der Waals surface area contributed by atoms with E-state index in [-0.39, 0.29) is 5.91 Å². The third-order valence-corrected chi connectivity index (χ3v) is 3.57. The number of nitrogens with one attached hydrogen (secondary N) is 2. The molecule has 0 saturated carbocycles.